The van der Waals surface area contributed by atoms with Gasteiger partial charge in [0.15, 0.2) is 0 Å². The second kappa shape index (κ2) is 6.32. The molecule has 0 heterocycles. The summed E-state index contributed by atoms with van der Waals surface area (Å²) in [5.74, 6) is -0.229. The van der Waals surface area contributed by atoms with Gasteiger partial charge in [-0.3, -0.25) is 0 Å². The summed E-state index contributed by atoms with van der Waals surface area (Å²) < 4.78 is 42.2. The number of aryl methyl sites for hydroxylation is 1. The fourth-order valence-electron chi connectivity index (χ4n) is 1.90. The summed E-state index contributed by atoms with van der Waals surface area (Å²) in [6, 6.07) is 11.0. The Hall–Kier alpha value is -2.17. The van der Waals surface area contributed by atoms with Gasteiger partial charge in [0.05, 0.1) is 0 Å². The average Bonchev–Trinajstić information content (AvgIpc) is 2.36. The molecule has 0 saturated heterocycles. The minimum atomic E-state index is -2.87. The minimum absolute atomic E-state index is 0.114. The van der Waals surface area contributed by atoms with Crippen molar-refractivity contribution in [1.29, 1.82) is 0 Å². The lowest BCUT2D eigenvalue weighted by Gasteiger charge is -2.12. The van der Waals surface area contributed by atoms with Crippen molar-refractivity contribution in [2.45, 2.75) is 20.1 Å². The summed E-state index contributed by atoms with van der Waals surface area (Å²) in [5, 5.41) is 2.99. The van der Waals surface area contributed by atoms with Crippen LogP contribution in [0.3, 0.4) is 0 Å². The van der Waals surface area contributed by atoms with Gasteiger partial charge in [-0.15, -0.1) is 0 Å². The number of hydrogen-bond donors (Lipinski definition) is 1. The Labute approximate surface area is 115 Å². The third-order valence-corrected chi connectivity index (χ3v) is 2.71. The third kappa shape index (κ3) is 3.91. The van der Waals surface area contributed by atoms with Gasteiger partial charge in [0.2, 0.25) is 0 Å². The van der Waals surface area contributed by atoms with Crippen LogP contribution >= 0.6 is 0 Å². The van der Waals surface area contributed by atoms with E-state index in [1.165, 1.54) is 18.2 Å². The largest absolute Gasteiger partial charge is 0.434 e. The second-order valence-electron chi connectivity index (χ2n) is 4.36. The van der Waals surface area contributed by atoms with E-state index in [1.807, 2.05) is 0 Å². The molecular formula is C15H14F3NO. The monoisotopic (exact) mass is 281 g/mol. The summed E-state index contributed by atoms with van der Waals surface area (Å²) in [7, 11) is 0. The van der Waals surface area contributed by atoms with Crippen LogP contribution in [-0.4, -0.2) is 6.61 Å². The quantitative estimate of drug-likeness (QED) is 0.879. The van der Waals surface area contributed by atoms with Crippen molar-refractivity contribution in [2.24, 2.45) is 0 Å². The Balaban J connectivity index is 2.10. The van der Waals surface area contributed by atoms with Crippen molar-refractivity contribution in [1.82, 2.24) is 0 Å². The van der Waals surface area contributed by atoms with Crippen LogP contribution in [0.1, 0.15) is 11.1 Å². The van der Waals surface area contributed by atoms with E-state index in [2.05, 4.69) is 10.1 Å². The molecule has 0 fully saturated rings. The maximum Gasteiger partial charge on any atom is 0.387 e. The van der Waals surface area contributed by atoms with Crippen LogP contribution in [0, 0.1) is 12.7 Å². The van der Waals surface area contributed by atoms with E-state index in [4.69, 9.17) is 0 Å². The Morgan fingerprint density at radius 2 is 1.90 bits per heavy atom. The van der Waals surface area contributed by atoms with E-state index >= 15 is 0 Å². The highest BCUT2D eigenvalue weighted by Crippen LogP contribution is 2.22. The van der Waals surface area contributed by atoms with Crippen LogP contribution in [-0.2, 0) is 6.54 Å². The van der Waals surface area contributed by atoms with Gasteiger partial charge in [-0.2, -0.15) is 8.78 Å². The number of rotatable bonds is 5. The highest BCUT2D eigenvalue weighted by Gasteiger charge is 2.09. The van der Waals surface area contributed by atoms with Crippen LogP contribution in [0.4, 0.5) is 18.9 Å². The van der Waals surface area contributed by atoms with Gasteiger partial charge >= 0.3 is 6.61 Å². The molecule has 0 spiro atoms. The van der Waals surface area contributed by atoms with Crippen LogP contribution in [0.25, 0.3) is 0 Å². The van der Waals surface area contributed by atoms with Gasteiger partial charge in [0.1, 0.15) is 11.6 Å². The molecule has 0 aromatic heterocycles. The van der Waals surface area contributed by atoms with Gasteiger partial charge in [0.25, 0.3) is 0 Å². The third-order valence-electron chi connectivity index (χ3n) is 2.71. The zero-order valence-corrected chi connectivity index (χ0v) is 10.9. The van der Waals surface area contributed by atoms with Gasteiger partial charge < -0.3 is 10.1 Å². The topological polar surface area (TPSA) is 21.3 Å². The maximum absolute atomic E-state index is 13.2. The van der Waals surface area contributed by atoms with Crippen molar-refractivity contribution in [3.63, 3.8) is 0 Å². The number of alkyl halides is 2. The molecule has 2 aromatic rings. The molecule has 0 aliphatic rings. The van der Waals surface area contributed by atoms with Crippen LogP contribution in [0.15, 0.2) is 42.5 Å². The highest BCUT2D eigenvalue weighted by molar-refractivity contribution is 5.47. The average molecular weight is 281 g/mol. The van der Waals surface area contributed by atoms with E-state index in [-0.39, 0.29) is 18.1 Å². The first-order valence-corrected chi connectivity index (χ1v) is 6.08. The zero-order chi connectivity index (χ0) is 14.5. The summed E-state index contributed by atoms with van der Waals surface area (Å²) in [6.07, 6.45) is 0. The van der Waals surface area contributed by atoms with E-state index in [9.17, 15) is 13.2 Å². The van der Waals surface area contributed by atoms with E-state index in [0.717, 1.165) is 5.56 Å². The second-order valence-corrected chi connectivity index (χ2v) is 4.36. The molecule has 0 aliphatic carbocycles. The van der Waals surface area contributed by atoms with Gasteiger partial charge in [-0.25, -0.2) is 4.39 Å². The van der Waals surface area contributed by atoms with Crippen LogP contribution in [0.2, 0.25) is 0 Å². The normalized spacial score (nSPS) is 10.7. The van der Waals surface area contributed by atoms with Crippen LogP contribution < -0.4 is 10.1 Å². The lowest BCUT2D eigenvalue weighted by molar-refractivity contribution is -0.0504. The number of ether oxygens (including phenoxy) is 1. The molecule has 0 aliphatic heterocycles. The molecule has 0 amide bonds. The maximum atomic E-state index is 13.2. The van der Waals surface area contributed by atoms with Gasteiger partial charge in [-0.1, -0.05) is 18.2 Å². The number of para-hydroxylation sites is 1. The Morgan fingerprint density at radius 3 is 2.60 bits per heavy atom. The first-order valence-electron chi connectivity index (χ1n) is 6.08. The molecule has 2 aromatic carbocycles. The molecule has 0 atom stereocenters. The number of halogens is 3. The standard InChI is InChI=1S/C15H14F3NO/c1-10-6-12(16)8-13(7-10)19-9-11-4-2-3-5-14(11)20-15(17)18/h2-8,15,19H,9H2,1H3. The predicted octanol–water partition coefficient (Wildman–Crippen LogP) is 4.35. The molecule has 2 rings (SSSR count). The van der Waals surface area contributed by atoms with Gasteiger partial charge in [0, 0.05) is 17.8 Å². The first kappa shape index (κ1) is 14.2. The SMILES string of the molecule is Cc1cc(F)cc(NCc2ccccc2OC(F)F)c1. The van der Waals surface area contributed by atoms with E-state index in [0.29, 0.717) is 11.3 Å². The molecule has 106 valence electrons. The lowest BCUT2D eigenvalue weighted by Crippen LogP contribution is -2.07. The molecule has 0 unspecified atom stereocenters. The number of benzene rings is 2. The molecule has 5 heteroatoms. The van der Waals surface area contributed by atoms with Crippen molar-refractivity contribution in [3.05, 3.63) is 59.4 Å². The summed E-state index contributed by atoms with van der Waals surface area (Å²) in [5.41, 5.74) is 1.95. The number of anilines is 1. The molecule has 0 saturated carbocycles. The van der Waals surface area contributed by atoms with Crippen molar-refractivity contribution in [2.75, 3.05) is 5.32 Å². The fraction of sp³-hybridized carbons (Fsp3) is 0.200. The summed E-state index contributed by atoms with van der Waals surface area (Å²) in [6.45, 7) is -0.818. The molecular weight excluding hydrogens is 267 g/mol. The molecule has 0 radical (unpaired) electrons. The number of nitrogens with one attached hydrogen (secondary N) is 1. The first-order chi connectivity index (χ1) is 9.54. The summed E-state index contributed by atoms with van der Waals surface area (Å²) in [4.78, 5) is 0. The van der Waals surface area contributed by atoms with Gasteiger partial charge in [-0.05, 0) is 36.8 Å². The highest BCUT2D eigenvalue weighted by atomic mass is 19.3. The Kier molecular flexibility index (Phi) is 4.50. The van der Waals surface area contributed by atoms with E-state index in [1.54, 1.807) is 31.2 Å². The molecule has 1 N–H and O–H groups in total. The Bertz CT molecular complexity index is 567. The predicted molar refractivity (Wildman–Crippen MR) is 71.5 cm³/mol. The van der Waals surface area contributed by atoms with E-state index < -0.39 is 6.61 Å². The molecule has 2 nitrogen and oxygen atoms in total. The van der Waals surface area contributed by atoms with Crippen molar-refractivity contribution in [3.8, 4) is 5.75 Å². The fourth-order valence-corrected chi connectivity index (χ4v) is 1.90. The van der Waals surface area contributed by atoms with Crippen LogP contribution in [0.5, 0.6) is 5.75 Å². The number of hydrogen-bond acceptors (Lipinski definition) is 2. The van der Waals surface area contributed by atoms with Crippen molar-refractivity contribution >= 4 is 5.69 Å². The lowest BCUT2D eigenvalue weighted by atomic mass is 10.1. The molecule has 0 bridgehead atoms. The Morgan fingerprint density at radius 1 is 1.15 bits per heavy atom. The minimum Gasteiger partial charge on any atom is -0.434 e. The zero-order valence-electron chi connectivity index (χ0n) is 10.9. The molecule has 20 heavy (non-hydrogen) atoms. The van der Waals surface area contributed by atoms with Crippen molar-refractivity contribution < 1.29 is 17.9 Å². The summed E-state index contributed by atoms with van der Waals surface area (Å²) >= 11 is 0. The smallest absolute Gasteiger partial charge is 0.387 e.